The molecule has 22 heavy (non-hydrogen) atoms. The van der Waals surface area contributed by atoms with Crippen molar-refractivity contribution in [2.45, 2.75) is 24.9 Å². The lowest BCUT2D eigenvalue weighted by atomic mass is 10.1. The maximum atomic E-state index is 12.7. The number of aromatic nitrogens is 1. The van der Waals surface area contributed by atoms with Gasteiger partial charge in [-0.2, -0.15) is 26.3 Å². The summed E-state index contributed by atoms with van der Waals surface area (Å²) in [4.78, 5) is 15.6. The van der Waals surface area contributed by atoms with Crippen LogP contribution in [0.4, 0.5) is 26.3 Å². The summed E-state index contributed by atoms with van der Waals surface area (Å²) in [5.74, 6) is -1.78. The van der Waals surface area contributed by atoms with Gasteiger partial charge in [-0.1, -0.05) is 0 Å². The fourth-order valence-electron chi connectivity index (χ4n) is 1.86. The first-order valence-electron chi connectivity index (χ1n) is 6.09. The van der Waals surface area contributed by atoms with Crippen LogP contribution in [0.3, 0.4) is 0 Å². The minimum absolute atomic E-state index is 0.206. The molecule has 1 aromatic rings. The first-order chi connectivity index (χ1) is 10.1. The fourth-order valence-corrected chi connectivity index (χ4v) is 1.86. The van der Waals surface area contributed by atoms with Crippen molar-refractivity contribution in [2.75, 3.05) is 13.1 Å². The van der Waals surface area contributed by atoms with Crippen LogP contribution in [0.2, 0.25) is 0 Å². The van der Waals surface area contributed by atoms with E-state index in [0.29, 0.717) is 0 Å². The van der Waals surface area contributed by atoms with Crippen molar-refractivity contribution in [3.05, 3.63) is 23.9 Å². The zero-order valence-electron chi connectivity index (χ0n) is 10.9. The minimum Gasteiger partial charge on any atom is -0.470 e. The van der Waals surface area contributed by atoms with Crippen LogP contribution in [0.1, 0.15) is 12.0 Å². The fraction of sp³-hybridized carbons (Fsp3) is 0.500. The molecule has 1 aliphatic rings. The van der Waals surface area contributed by atoms with Crippen LogP contribution in [0, 0.1) is 0 Å². The molecule has 1 fully saturated rings. The van der Waals surface area contributed by atoms with Crippen LogP contribution in [-0.2, 0) is 11.0 Å². The Labute approximate surface area is 120 Å². The van der Waals surface area contributed by atoms with Crippen LogP contribution in [0.25, 0.3) is 0 Å². The molecule has 2 heterocycles. The van der Waals surface area contributed by atoms with E-state index in [-0.39, 0.29) is 13.1 Å². The number of halogens is 6. The van der Waals surface area contributed by atoms with Crippen LogP contribution in [0.15, 0.2) is 18.3 Å². The van der Waals surface area contributed by atoms with Crippen LogP contribution < -0.4 is 4.74 Å². The number of carbonyl (C=O) groups excluding carboxylic acids is 1. The van der Waals surface area contributed by atoms with Gasteiger partial charge in [-0.05, 0) is 12.1 Å². The summed E-state index contributed by atoms with van der Waals surface area (Å²) < 4.78 is 79.2. The summed E-state index contributed by atoms with van der Waals surface area (Å²) in [7, 11) is 0. The Kier molecular flexibility index (Phi) is 4.21. The molecule has 122 valence electrons. The van der Waals surface area contributed by atoms with E-state index in [1.165, 1.54) is 0 Å². The number of ether oxygens (including phenoxy) is 1. The Balaban J connectivity index is 1.93. The van der Waals surface area contributed by atoms with Crippen molar-refractivity contribution in [3.63, 3.8) is 0 Å². The molecule has 10 heteroatoms. The number of hydrogen-bond donors (Lipinski definition) is 0. The number of carbonyl (C=O) groups is 1. The van der Waals surface area contributed by atoms with E-state index in [1.54, 1.807) is 0 Å². The maximum absolute atomic E-state index is 12.7. The van der Waals surface area contributed by atoms with Crippen molar-refractivity contribution < 1.29 is 35.9 Å². The van der Waals surface area contributed by atoms with Crippen LogP contribution in [0.5, 0.6) is 5.88 Å². The molecular formula is C12H10F6N2O2. The van der Waals surface area contributed by atoms with Crippen molar-refractivity contribution in [1.29, 1.82) is 0 Å². The second-order valence-corrected chi connectivity index (χ2v) is 4.68. The Morgan fingerprint density at radius 3 is 2.45 bits per heavy atom. The maximum Gasteiger partial charge on any atom is 0.421 e. The summed E-state index contributed by atoms with van der Waals surface area (Å²) in [6.45, 7) is -0.411. The lowest BCUT2D eigenvalue weighted by Gasteiger charge is -2.39. The predicted octanol–water partition coefficient (Wildman–Crippen LogP) is 2.64. The monoisotopic (exact) mass is 328 g/mol. The van der Waals surface area contributed by atoms with E-state index in [4.69, 9.17) is 4.74 Å². The molecular weight excluding hydrogens is 318 g/mol. The van der Waals surface area contributed by atoms with Gasteiger partial charge in [0.25, 0.3) is 0 Å². The zero-order valence-corrected chi connectivity index (χ0v) is 10.9. The van der Waals surface area contributed by atoms with Gasteiger partial charge in [0.05, 0.1) is 13.1 Å². The van der Waals surface area contributed by atoms with Crippen molar-refractivity contribution in [1.82, 2.24) is 9.88 Å². The van der Waals surface area contributed by atoms with Crippen LogP contribution in [-0.4, -0.2) is 41.2 Å². The van der Waals surface area contributed by atoms with E-state index in [9.17, 15) is 31.1 Å². The summed E-state index contributed by atoms with van der Waals surface area (Å²) in [6.07, 6.45) is -10.6. The summed E-state index contributed by atoms with van der Waals surface area (Å²) in [5, 5.41) is 0. The lowest BCUT2D eigenvalue weighted by Crippen LogP contribution is -2.56. The normalized spacial score (nSPS) is 16.4. The summed E-state index contributed by atoms with van der Waals surface area (Å²) in [5.41, 5.74) is -1.07. The van der Waals surface area contributed by atoms with Crippen molar-refractivity contribution in [2.24, 2.45) is 0 Å². The molecule has 1 saturated heterocycles. The molecule has 4 nitrogen and oxygen atoms in total. The quantitative estimate of drug-likeness (QED) is 0.801. The van der Waals surface area contributed by atoms with Gasteiger partial charge >= 0.3 is 12.4 Å². The number of pyridine rings is 1. The topological polar surface area (TPSA) is 42.4 Å². The number of nitrogens with zero attached hydrogens (tertiary/aromatic N) is 2. The van der Waals surface area contributed by atoms with E-state index < -0.39 is 42.2 Å². The second kappa shape index (κ2) is 5.65. The molecule has 0 aromatic carbocycles. The van der Waals surface area contributed by atoms with Gasteiger partial charge < -0.3 is 9.64 Å². The molecule has 0 radical (unpaired) electrons. The van der Waals surface area contributed by atoms with Crippen molar-refractivity contribution >= 4 is 5.91 Å². The second-order valence-electron chi connectivity index (χ2n) is 4.68. The highest BCUT2D eigenvalue weighted by atomic mass is 19.4. The molecule has 1 aromatic heterocycles. The Hall–Kier alpha value is -2.00. The average Bonchev–Trinajstić information content (AvgIpc) is 2.30. The Morgan fingerprint density at radius 2 is 1.91 bits per heavy atom. The third-order valence-electron chi connectivity index (χ3n) is 2.91. The smallest absolute Gasteiger partial charge is 0.421 e. The van der Waals surface area contributed by atoms with Gasteiger partial charge in [0.15, 0.2) is 0 Å². The molecule has 0 bridgehead atoms. The van der Waals surface area contributed by atoms with Crippen molar-refractivity contribution in [3.8, 4) is 5.88 Å². The highest BCUT2D eigenvalue weighted by molar-refractivity contribution is 5.77. The molecule has 0 N–H and O–H groups in total. The Morgan fingerprint density at radius 1 is 1.27 bits per heavy atom. The number of amides is 1. The van der Waals surface area contributed by atoms with E-state index >= 15 is 0 Å². The standard InChI is InChI=1S/C12H10F6N2O2/c13-11(14,15)4-9(21)20-5-7(6-20)22-10-8(12(16,17)18)2-1-3-19-10/h1-3,7H,4-6H2. The van der Waals surface area contributed by atoms with Crippen LogP contribution >= 0.6 is 0 Å². The number of alkyl halides is 6. The first-order valence-corrected chi connectivity index (χ1v) is 6.09. The van der Waals surface area contributed by atoms with Gasteiger partial charge in [0.2, 0.25) is 11.8 Å². The number of likely N-dealkylation sites (tertiary alicyclic amines) is 1. The zero-order chi connectivity index (χ0) is 16.5. The minimum atomic E-state index is -4.65. The van der Waals surface area contributed by atoms with Gasteiger partial charge in [-0.3, -0.25) is 4.79 Å². The molecule has 0 aliphatic carbocycles. The molecule has 0 saturated carbocycles. The largest absolute Gasteiger partial charge is 0.470 e. The van der Waals surface area contributed by atoms with Gasteiger partial charge in [-0.25, -0.2) is 4.98 Å². The first kappa shape index (κ1) is 16.4. The molecule has 2 rings (SSSR count). The van der Waals surface area contributed by atoms with E-state index in [2.05, 4.69) is 4.98 Å². The average molecular weight is 328 g/mol. The molecule has 1 aliphatic heterocycles. The molecule has 0 spiro atoms. The SMILES string of the molecule is O=C(CC(F)(F)F)N1CC(Oc2ncccc2C(F)(F)F)C1. The predicted molar refractivity (Wildman–Crippen MR) is 60.9 cm³/mol. The highest BCUT2D eigenvalue weighted by Crippen LogP contribution is 2.35. The highest BCUT2D eigenvalue weighted by Gasteiger charge is 2.41. The Bertz CT molecular complexity index is 551. The van der Waals surface area contributed by atoms with Gasteiger partial charge in [0.1, 0.15) is 18.1 Å². The lowest BCUT2D eigenvalue weighted by molar-refractivity contribution is -0.168. The number of rotatable bonds is 3. The molecule has 0 atom stereocenters. The van der Waals surface area contributed by atoms with E-state index in [1.807, 2.05) is 0 Å². The summed E-state index contributed by atoms with van der Waals surface area (Å²) >= 11 is 0. The summed E-state index contributed by atoms with van der Waals surface area (Å²) in [6, 6.07) is 1.88. The molecule has 0 unspecified atom stereocenters. The molecule has 1 amide bonds. The number of hydrogen-bond acceptors (Lipinski definition) is 3. The van der Waals surface area contributed by atoms with E-state index in [0.717, 1.165) is 23.2 Å². The third kappa shape index (κ3) is 4.01. The third-order valence-corrected chi connectivity index (χ3v) is 2.91. The van der Waals surface area contributed by atoms with Gasteiger partial charge in [0, 0.05) is 6.20 Å². The van der Waals surface area contributed by atoms with Gasteiger partial charge in [-0.15, -0.1) is 0 Å².